The molecule has 2 amide bonds. The predicted octanol–water partition coefficient (Wildman–Crippen LogP) is 1.84. The molecule has 2 heterocycles. The lowest BCUT2D eigenvalue weighted by Crippen LogP contribution is -2.51. The number of hydrogen-bond donors (Lipinski definition) is 1. The summed E-state index contributed by atoms with van der Waals surface area (Å²) in [6.07, 6.45) is 0. The fourth-order valence-corrected chi connectivity index (χ4v) is 3.43. The fourth-order valence-electron chi connectivity index (χ4n) is 3.43. The highest BCUT2D eigenvalue weighted by Gasteiger charge is 2.22. The third-order valence-electron chi connectivity index (χ3n) is 5.23. The van der Waals surface area contributed by atoms with E-state index in [2.05, 4.69) is 25.7 Å². The monoisotopic (exact) mass is 425 g/mol. The second-order valence-corrected chi connectivity index (χ2v) is 7.25. The zero-order valence-electron chi connectivity index (χ0n) is 17.2. The molecule has 1 aliphatic heterocycles. The minimum Gasteiger partial charge on any atom is -0.497 e. The maximum Gasteiger partial charge on any atom is 0.317 e. The molecule has 1 N–H and O–H groups in total. The van der Waals surface area contributed by atoms with Crippen LogP contribution >= 0.6 is 0 Å². The summed E-state index contributed by atoms with van der Waals surface area (Å²) in [5.74, 6) is 1.15. The SMILES string of the molecule is COc1ccc(CNC(=O)N2CCN(Cc3nnnn3-c3ccc(F)cc3)CC2)cc1. The Hall–Kier alpha value is -3.53. The van der Waals surface area contributed by atoms with E-state index in [0.29, 0.717) is 50.8 Å². The molecule has 0 unspecified atom stereocenters. The van der Waals surface area contributed by atoms with Gasteiger partial charge in [0.25, 0.3) is 0 Å². The number of nitrogens with zero attached hydrogens (tertiary/aromatic N) is 6. The Balaban J connectivity index is 1.26. The minimum atomic E-state index is -0.306. The Morgan fingerprint density at radius 3 is 2.45 bits per heavy atom. The van der Waals surface area contributed by atoms with Crippen LogP contribution in [0.4, 0.5) is 9.18 Å². The molecule has 0 saturated carbocycles. The average Bonchev–Trinajstić information content (AvgIpc) is 3.27. The van der Waals surface area contributed by atoms with Crippen molar-refractivity contribution in [2.24, 2.45) is 0 Å². The summed E-state index contributed by atoms with van der Waals surface area (Å²) < 4.78 is 19.9. The smallest absolute Gasteiger partial charge is 0.317 e. The van der Waals surface area contributed by atoms with Crippen LogP contribution in [0.2, 0.25) is 0 Å². The normalized spacial score (nSPS) is 14.5. The molecule has 4 rings (SSSR count). The number of ether oxygens (including phenoxy) is 1. The number of urea groups is 1. The Bertz CT molecular complexity index is 999. The van der Waals surface area contributed by atoms with Crippen LogP contribution in [0.3, 0.4) is 0 Å². The molecule has 1 aliphatic rings. The highest BCUT2D eigenvalue weighted by Crippen LogP contribution is 2.13. The number of rotatable bonds is 6. The second-order valence-electron chi connectivity index (χ2n) is 7.25. The average molecular weight is 425 g/mol. The largest absolute Gasteiger partial charge is 0.497 e. The maximum absolute atomic E-state index is 13.2. The van der Waals surface area contributed by atoms with E-state index in [1.165, 1.54) is 12.1 Å². The van der Waals surface area contributed by atoms with Gasteiger partial charge in [-0.25, -0.2) is 9.18 Å². The lowest BCUT2D eigenvalue weighted by molar-refractivity contribution is 0.133. The summed E-state index contributed by atoms with van der Waals surface area (Å²) >= 11 is 0. The van der Waals surface area contributed by atoms with Gasteiger partial charge in [-0.2, -0.15) is 4.68 Å². The quantitative estimate of drug-likeness (QED) is 0.648. The number of methoxy groups -OCH3 is 1. The molecule has 0 atom stereocenters. The topological polar surface area (TPSA) is 88.4 Å². The molecule has 10 heteroatoms. The van der Waals surface area contributed by atoms with Gasteiger partial charge in [-0.3, -0.25) is 4.90 Å². The van der Waals surface area contributed by atoms with Gasteiger partial charge in [0, 0.05) is 32.7 Å². The van der Waals surface area contributed by atoms with Crippen LogP contribution in [0.25, 0.3) is 5.69 Å². The van der Waals surface area contributed by atoms with Gasteiger partial charge in [0.05, 0.1) is 19.3 Å². The third kappa shape index (κ3) is 5.15. The van der Waals surface area contributed by atoms with E-state index in [-0.39, 0.29) is 11.8 Å². The number of carbonyl (C=O) groups is 1. The van der Waals surface area contributed by atoms with Crippen molar-refractivity contribution in [2.45, 2.75) is 13.1 Å². The van der Waals surface area contributed by atoms with Crippen molar-refractivity contribution >= 4 is 6.03 Å². The van der Waals surface area contributed by atoms with Gasteiger partial charge in [-0.05, 0) is 52.4 Å². The lowest BCUT2D eigenvalue weighted by atomic mass is 10.2. The Kier molecular flexibility index (Phi) is 6.37. The van der Waals surface area contributed by atoms with E-state index in [4.69, 9.17) is 4.74 Å². The number of nitrogens with one attached hydrogen (secondary N) is 1. The number of benzene rings is 2. The molecular weight excluding hydrogens is 401 g/mol. The van der Waals surface area contributed by atoms with Crippen molar-refractivity contribution in [1.29, 1.82) is 0 Å². The summed E-state index contributed by atoms with van der Waals surface area (Å²) in [5.41, 5.74) is 1.72. The number of piperazine rings is 1. The molecule has 162 valence electrons. The van der Waals surface area contributed by atoms with Crippen molar-refractivity contribution in [3.05, 3.63) is 65.7 Å². The number of carbonyl (C=O) groups excluding carboxylic acids is 1. The van der Waals surface area contributed by atoms with Crippen molar-refractivity contribution in [3.8, 4) is 11.4 Å². The number of hydrogen-bond acceptors (Lipinski definition) is 6. The molecule has 9 nitrogen and oxygen atoms in total. The van der Waals surface area contributed by atoms with Crippen LogP contribution in [-0.2, 0) is 13.1 Å². The van der Waals surface area contributed by atoms with E-state index in [9.17, 15) is 9.18 Å². The van der Waals surface area contributed by atoms with Gasteiger partial charge < -0.3 is 15.0 Å². The molecule has 0 aliphatic carbocycles. The van der Waals surface area contributed by atoms with Gasteiger partial charge in [-0.1, -0.05) is 12.1 Å². The van der Waals surface area contributed by atoms with Gasteiger partial charge in [0.1, 0.15) is 11.6 Å². The number of amides is 2. The van der Waals surface area contributed by atoms with Gasteiger partial charge in [-0.15, -0.1) is 5.10 Å². The fraction of sp³-hybridized carbons (Fsp3) is 0.333. The standard InChI is InChI=1S/C21H24FN7O2/c1-31-19-8-2-16(3-9-19)14-23-21(30)28-12-10-27(11-13-28)15-20-24-25-26-29(20)18-6-4-17(22)5-7-18/h2-9H,10-15H2,1H3,(H,23,30). The zero-order chi connectivity index (χ0) is 21.6. The van der Waals surface area contributed by atoms with Crippen LogP contribution in [0.5, 0.6) is 5.75 Å². The van der Waals surface area contributed by atoms with E-state index >= 15 is 0 Å². The summed E-state index contributed by atoms with van der Waals surface area (Å²) in [4.78, 5) is 16.5. The molecule has 0 radical (unpaired) electrons. The van der Waals surface area contributed by atoms with Crippen molar-refractivity contribution in [3.63, 3.8) is 0 Å². The second kappa shape index (κ2) is 9.52. The first kappa shape index (κ1) is 20.7. The predicted molar refractivity (Wildman–Crippen MR) is 111 cm³/mol. The molecule has 1 fully saturated rings. The van der Waals surface area contributed by atoms with E-state index in [1.807, 2.05) is 29.2 Å². The maximum atomic E-state index is 13.2. The van der Waals surface area contributed by atoms with Crippen molar-refractivity contribution in [2.75, 3.05) is 33.3 Å². The summed E-state index contributed by atoms with van der Waals surface area (Å²) in [5, 5.41) is 14.8. The Labute approximate surface area is 179 Å². The zero-order valence-corrected chi connectivity index (χ0v) is 17.2. The Morgan fingerprint density at radius 1 is 1.06 bits per heavy atom. The van der Waals surface area contributed by atoms with E-state index < -0.39 is 0 Å². The molecule has 0 bridgehead atoms. The molecular formula is C21H24FN7O2. The van der Waals surface area contributed by atoms with Crippen molar-refractivity contribution < 1.29 is 13.9 Å². The first-order chi connectivity index (χ1) is 15.1. The van der Waals surface area contributed by atoms with Crippen LogP contribution in [0, 0.1) is 5.82 Å². The third-order valence-corrected chi connectivity index (χ3v) is 5.23. The van der Waals surface area contributed by atoms with Gasteiger partial charge in [0.2, 0.25) is 0 Å². The minimum absolute atomic E-state index is 0.0772. The van der Waals surface area contributed by atoms with Gasteiger partial charge in [0.15, 0.2) is 5.82 Å². The van der Waals surface area contributed by atoms with E-state index in [0.717, 1.165) is 11.3 Å². The molecule has 1 saturated heterocycles. The Morgan fingerprint density at radius 2 is 1.77 bits per heavy atom. The number of aromatic nitrogens is 4. The molecule has 0 spiro atoms. The van der Waals surface area contributed by atoms with Crippen LogP contribution < -0.4 is 10.1 Å². The summed E-state index contributed by atoms with van der Waals surface area (Å²) in [6.45, 7) is 3.68. The first-order valence-electron chi connectivity index (χ1n) is 10.0. The van der Waals surface area contributed by atoms with Crippen LogP contribution in [0.15, 0.2) is 48.5 Å². The lowest BCUT2D eigenvalue weighted by Gasteiger charge is -2.34. The highest BCUT2D eigenvalue weighted by atomic mass is 19.1. The van der Waals surface area contributed by atoms with Crippen LogP contribution in [-0.4, -0.2) is 69.3 Å². The number of halogens is 1. The van der Waals surface area contributed by atoms with Crippen LogP contribution in [0.1, 0.15) is 11.4 Å². The highest BCUT2D eigenvalue weighted by molar-refractivity contribution is 5.74. The van der Waals surface area contributed by atoms with E-state index in [1.54, 1.807) is 23.9 Å². The molecule has 3 aromatic rings. The molecule has 2 aromatic carbocycles. The number of tetrazole rings is 1. The molecule has 1 aromatic heterocycles. The van der Waals surface area contributed by atoms with Gasteiger partial charge >= 0.3 is 6.03 Å². The summed E-state index contributed by atoms with van der Waals surface area (Å²) in [7, 11) is 1.62. The van der Waals surface area contributed by atoms with Crippen molar-refractivity contribution in [1.82, 2.24) is 35.3 Å². The first-order valence-corrected chi connectivity index (χ1v) is 10.0. The summed E-state index contributed by atoms with van der Waals surface area (Å²) in [6, 6.07) is 13.6. The molecule has 31 heavy (non-hydrogen) atoms.